The Morgan fingerprint density at radius 3 is 2.94 bits per heavy atom. The maximum absolute atomic E-state index is 10.9. The summed E-state index contributed by atoms with van der Waals surface area (Å²) < 4.78 is 0. The fraction of sp³-hybridized carbons (Fsp3) is 0.462. The highest BCUT2D eigenvalue weighted by Gasteiger charge is 2.23. The van der Waals surface area contributed by atoms with Crippen LogP contribution in [0.25, 0.3) is 0 Å². The van der Waals surface area contributed by atoms with Gasteiger partial charge >= 0.3 is 5.97 Å². The Morgan fingerprint density at radius 2 is 2.29 bits per heavy atom. The summed E-state index contributed by atoms with van der Waals surface area (Å²) in [6, 6.07) is 6.56. The van der Waals surface area contributed by atoms with Gasteiger partial charge in [-0.05, 0) is 37.1 Å². The van der Waals surface area contributed by atoms with Gasteiger partial charge in [-0.1, -0.05) is 12.1 Å². The van der Waals surface area contributed by atoms with E-state index in [9.17, 15) is 9.90 Å². The van der Waals surface area contributed by atoms with Gasteiger partial charge in [0.2, 0.25) is 0 Å². The van der Waals surface area contributed by atoms with Crippen molar-refractivity contribution >= 4 is 5.97 Å². The van der Waals surface area contributed by atoms with Crippen LogP contribution in [0.1, 0.15) is 34.9 Å². The lowest BCUT2D eigenvalue weighted by Crippen LogP contribution is -2.33. The van der Waals surface area contributed by atoms with E-state index in [1.807, 2.05) is 0 Å². The molecule has 1 fully saturated rings. The minimum Gasteiger partial charge on any atom is -0.478 e. The van der Waals surface area contributed by atoms with E-state index >= 15 is 0 Å². The van der Waals surface area contributed by atoms with Gasteiger partial charge in [-0.15, -0.1) is 0 Å². The third-order valence-electron chi connectivity index (χ3n) is 3.26. The van der Waals surface area contributed by atoms with E-state index in [1.165, 1.54) is 6.07 Å². The summed E-state index contributed by atoms with van der Waals surface area (Å²) in [6.45, 7) is 1.79. The second-order valence-electron chi connectivity index (χ2n) is 4.48. The molecule has 2 rings (SSSR count). The molecular weight excluding hydrogens is 218 g/mol. The van der Waals surface area contributed by atoms with Crippen molar-refractivity contribution in [2.45, 2.75) is 18.9 Å². The Labute approximate surface area is 100 Å². The van der Waals surface area contributed by atoms with Gasteiger partial charge < -0.3 is 15.5 Å². The van der Waals surface area contributed by atoms with Crippen molar-refractivity contribution in [1.82, 2.24) is 5.32 Å². The number of carboxylic acids is 1. The number of aromatic carboxylic acids is 1. The first-order valence-corrected chi connectivity index (χ1v) is 5.90. The van der Waals surface area contributed by atoms with E-state index in [0.29, 0.717) is 5.56 Å². The zero-order chi connectivity index (χ0) is 12.3. The summed E-state index contributed by atoms with van der Waals surface area (Å²) in [5.74, 6) is -0.784. The molecule has 4 nitrogen and oxygen atoms in total. The topological polar surface area (TPSA) is 69.6 Å². The molecule has 0 aliphatic carbocycles. The monoisotopic (exact) mass is 235 g/mol. The molecule has 0 spiro atoms. The normalized spacial score (nSPS) is 22.1. The first kappa shape index (κ1) is 12.1. The van der Waals surface area contributed by atoms with Crippen LogP contribution in [-0.2, 0) is 0 Å². The standard InChI is InChI=1S/C13H17NO3/c15-12(11-5-2-6-14-8-11)9-3-1-4-10(7-9)13(16)17/h1,3-4,7,11-12,14-15H,2,5-6,8H2,(H,16,17). The average molecular weight is 235 g/mol. The average Bonchev–Trinajstić information content (AvgIpc) is 2.39. The molecule has 17 heavy (non-hydrogen) atoms. The van der Waals surface area contributed by atoms with Gasteiger partial charge in [0.15, 0.2) is 0 Å². The van der Waals surface area contributed by atoms with Crippen LogP contribution < -0.4 is 5.32 Å². The van der Waals surface area contributed by atoms with Gasteiger partial charge in [0.05, 0.1) is 11.7 Å². The molecule has 92 valence electrons. The summed E-state index contributed by atoms with van der Waals surface area (Å²) in [5, 5.41) is 22.4. The van der Waals surface area contributed by atoms with Crippen molar-refractivity contribution < 1.29 is 15.0 Å². The molecule has 1 aliphatic rings. The Kier molecular flexibility index (Phi) is 3.76. The van der Waals surface area contributed by atoms with E-state index in [0.717, 1.165) is 25.9 Å². The van der Waals surface area contributed by atoms with Crippen molar-refractivity contribution in [2.75, 3.05) is 13.1 Å². The van der Waals surface area contributed by atoms with Crippen LogP contribution in [0.3, 0.4) is 0 Å². The van der Waals surface area contributed by atoms with Crippen molar-refractivity contribution in [2.24, 2.45) is 5.92 Å². The van der Waals surface area contributed by atoms with E-state index in [-0.39, 0.29) is 11.5 Å². The second-order valence-corrected chi connectivity index (χ2v) is 4.48. The summed E-state index contributed by atoms with van der Waals surface area (Å²) in [5.41, 5.74) is 0.920. The van der Waals surface area contributed by atoms with Gasteiger partial charge in [-0.25, -0.2) is 4.79 Å². The predicted octanol–water partition coefficient (Wildman–Crippen LogP) is 1.42. The maximum Gasteiger partial charge on any atom is 0.335 e. The highest BCUT2D eigenvalue weighted by atomic mass is 16.4. The molecule has 4 heteroatoms. The lowest BCUT2D eigenvalue weighted by atomic mass is 9.89. The quantitative estimate of drug-likeness (QED) is 0.741. The second kappa shape index (κ2) is 5.29. The molecule has 2 atom stereocenters. The minimum atomic E-state index is -0.958. The molecule has 0 amide bonds. The van der Waals surface area contributed by atoms with Gasteiger partial charge in [0.25, 0.3) is 0 Å². The molecule has 2 unspecified atom stereocenters. The first-order chi connectivity index (χ1) is 8.18. The SMILES string of the molecule is O=C(O)c1cccc(C(O)C2CCCNC2)c1. The predicted molar refractivity (Wildman–Crippen MR) is 64.0 cm³/mol. The number of hydrogen-bond acceptors (Lipinski definition) is 3. The summed E-state index contributed by atoms with van der Waals surface area (Å²) >= 11 is 0. The van der Waals surface area contributed by atoms with Crippen LogP contribution in [0.15, 0.2) is 24.3 Å². The number of aliphatic hydroxyl groups is 1. The van der Waals surface area contributed by atoms with E-state index in [1.54, 1.807) is 18.2 Å². The van der Waals surface area contributed by atoms with Gasteiger partial charge in [-0.3, -0.25) is 0 Å². The maximum atomic E-state index is 10.9. The van der Waals surface area contributed by atoms with Crippen molar-refractivity contribution in [1.29, 1.82) is 0 Å². The van der Waals surface area contributed by atoms with Crippen LogP contribution in [0.4, 0.5) is 0 Å². The number of benzene rings is 1. The van der Waals surface area contributed by atoms with Gasteiger partial charge in [-0.2, -0.15) is 0 Å². The number of carbonyl (C=O) groups is 1. The molecule has 1 aliphatic heterocycles. The molecule has 0 aromatic heterocycles. The summed E-state index contributed by atoms with van der Waals surface area (Å²) in [4.78, 5) is 10.9. The number of nitrogens with one attached hydrogen (secondary N) is 1. The van der Waals surface area contributed by atoms with E-state index in [2.05, 4.69) is 5.32 Å². The van der Waals surface area contributed by atoms with E-state index < -0.39 is 12.1 Å². The fourth-order valence-electron chi connectivity index (χ4n) is 2.28. The van der Waals surface area contributed by atoms with Crippen LogP contribution >= 0.6 is 0 Å². The highest BCUT2D eigenvalue weighted by molar-refractivity contribution is 5.87. The third kappa shape index (κ3) is 2.84. The molecule has 0 saturated carbocycles. The van der Waals surface area contributed by atoms with Crippen LogP contribution in [0, 0.1) is 5.92 Å². The zero-order valence-electron chi connectivity index (χ0n) is 9.60. The Bertz CT molecular complexity index is 399. The Morgan fingerprint density at radius 1 is 1.47 bits per heavy atom. The van der Waals surface area contributed by atoms with Gasteiger partial charge in [0.1, 0.15) is 0 Å². The molecule has 1 aromatic rings. The Hall–Kier alpha value is -1.39. The lowest BCUT2D eigenvalue weighted by molar-refractivity contribution is 0.0695. The number of carboxylic acid groups (broad SMARTS) is 1. The van der Waals surface area contributed by atoms with Crippen LogP contribution in [0.2, 0.25) is 0 Å². The number of piperidine rings is 1. The fourth-order valence-corrected chi connectivity index (χ4v) is 2.28. The summed E-state index contributed by atoms with van der Waals surface area (Å²) in [6.07, 6.45) is 1.45. The molecular formula is C13H17NO3. The van der Waals surface area contributed by atoms with Crippen molar-refractivity contribution in [3.8, 4) is 0 Å². The Balaban J connectivity index is 2.14. The van der Waals surface area contributed by atoms with Crippen molar-refractivity contribution in [3.63, 3.8) is 0 Å². The molecule has 0 bridgehead atoms. The number of aliphatic hydroxyl groups excluding tert-OH is 1. The van der Waals surface area contributed by atoms with E-state index in [4.69, 9.17) is 5.11 Å². The molecule has 0 radical (unpaired) electrons. The van der Waals surface area contributed by atoms with Crippen molar-refractivity contribution in [3.05, 3.63) is 35.4 Å². The third-order valence-corrected chi connectivity index (χ3v) is 3.26. The van der Waals surface area contributed by atoms with Gasteiger partial charge in [0, 0.05) is 12.5 Å². The smallest absolute Gasteiger partial charge is 0.335 e. The number of rotatable bonds is 3. The molecule has 1 heterocycles. The minimum absolute atomic E-state index is 0.174. The molecule has 3 N–H and O–H groups in total. The lowest BCUT2D eigenvalue weighted by Gasteiger charge is -2.27. The zero-order valence-corrected chi connectivity index (χ0v) is 9.60. The highest BCUT2D eigenvalue weighted by Crippen LogP contribution is 2.27. The molecule has 1 saturated heterocycles. The number of hydrogen-bond donors (Lipinski definition) is 3. The summed E-state index contributed by atoms with van der Waals surface area (Å²) in [7, 11) is 0. The van der Waals surface area contributed by atoms with Crippen LogP contribution in [0.5, 0.6) is 0 Å². The largest absolute Gasteiger partial charge is 0.478 e. The van der Waals surface area contributed by atoms with Crippen LogP contribution in [-0.4, -0.2) is 29.3 Å². The molecule has 1 aromatic carbocycles. The first-order valence-electron chi connectivity index (χ1n) is 5.90.